The van der Waals surface area contributed by atoms with E-state index in [0.29, 0.717) is 0 Å². The Balaban J connectivity index is 4.80. The zero-order valence-electron chi connectivity index (χ0n) is 9.24. The topological polar surface area (TPSA) is 27.7 Å². The van der Waals surface area contributed by atoms with Crippen molar-refractivity contribution in [2.75, 3.05) is 13.2 Å². The molecule has 0 saturated carbocycles. The van der Waals surface area contributed by atoms with Crippen molar-refractivity contribution in [2.45, 2.75) is 24.6 Å². The Hall–Kier alpha value is -0.460. The minimum atomic E-state index is -6.38. The summed E-state index contributed by atoms with van der Waals surface area (Å²) in [6, 6.07) is 0. The molecule has 0 aromatic carbocycles. The molecule has 3 nitrogen and oxygen atoms in total. The predicted octanol–water partition coefficient (Wildman–Crippen LogP) is 4.54. The highest BCUT2D eigenvalue weighted by atomic mass is 31.2. The summed E-state index contributed by atoms with van der Waals surface area (Å²) in [5, 5.41) is 0. The van der Waals surface area contributed by atoms with Crippen LogP contribution in [0.3, 0.4) is 0 Å². The zero-order chi connectivity index (χ0) is 17.1. The van der Waals surface area contributed by atoms with E-state index < -0.39 is 46.5 Å². The second kappa shape index (κ2) is 6.75. The number of hydrogen-bond donors (Lipinski definition) is 0. The normalized spacial score (nSPS) is 14.9. The van der Waals surface area contributed by atoms with Gasteiger partial charge in [0.05, 0.1) is 0 Å². The van der Waals surface area contributed by atoms with E-state index in [1.165, 1.54) is 0 Å². The summed E-state index contributed by atoms with van der Waals surface area (Å²) in [4.78, 5) is 0. The molecule has 0 rings (SSSR count). The van der Waals surface area contributed by atoms with Gasteiger partial charge >= 0.3 is 33.2 Å². The van der Waals surface area contributed by atoms with Crippen LogP contribution in [0.5, 0.6) is 0 Å². The van der Waals surface area contributed by atoms with E-state index in [2.05, 4.69) is 13.6 Å². The summed E-state index contributed by atoms with van der Waals surface area (Å²) in [5.74, 6) is 0. The maximum absolute atomic E-state index is 12.4. The molecule has 128 valence electrons. The maximum atomic E-state index is 12.4. The summed E-state index contributed by atoms with van der Waals surface area (Å²) in [6.45, 7) is -4.88. The van der Waals surface area contributed by atoms with Crippen molar-refractivity contribution < 1.29 is 61.9 Å². The maximum Gasteiger partial charge on any atom is 0.483 e. The quantitative estimate of drug-likeness (QED) is 0.512. The minimum absolute atomic E-state index is 2.44. The van der Waals surface area contributed by atoms with E-state index in [1.54, 1.807) is 0 Å². The van der Waals surface area contributed by atoms with Crippen LogP contribution in [-0.2, 0) is 13.6 Å². The molecule has 0 aromatic rings. The number of rotatable bonds is 6. The van der Waals surface area contributed by atoms with Gasteiger partial charge in [-0.25, -0.2) is 4.52 Å². The lowest BCUT2D eigenvalue weighted by atomic mass is 10.6. The molecule has 15 heteroatoms. The Bertz CT molecular complexity index is 303. The fourth-order valence-corrected chi connectivity index (χ4v) is 1.46. The van der Waals surface area contributed by atoms with Crippen LogP contribution in [0.15, 0.2) is 0 Å². The third-order valence-corrected chi connectivity index (χ3v) is 2.24. The molecule has 0 bridgehead atoms. The molecule has 0 aliphatic rings. The molecule has 0 aliphatic heterocycles. The lowest BCUT2D eigenvalue weighted by Gasteiger charge is -2.24. The van der Waals surface area contributed by atoms with Crippen LogP contribution in [0.25, 0.3) is 0 Å². The van der Waals surface area contributed by atoms with Crippen molar-refractivity contribution in [1.82, 2.24) is 0 Å². The first-order valence-electron chi connectivity index (χ1n) is 4.37. The van der Waals surface area contributed by atoms with Gasteiger partial charge in [-0.15, -0.1) is 0 Å². The van der Waals surface area contributed by atoms with Gasteiger partial charge in [-0.2, -0.15) is 48.3 Å². The van der Waals surface area contributed by atoms with Gasteiger partial charge in [-0.1, -0.05) is 0 Å². The molecule has 0 radical (unpaired) electrons. The second-order valence-corrected chi connectivity index (χ2v) is 4.25. The fraction of sp³-hybridized carbons (Fsp3) is 1.00. The van der Waals surface area contributed by atoms with Gasteiger partial charge in [0.1, 0.15) is 0 Å². The smallest absolute Gasteiger partial charge is 0.303 e. The van der Waals surface area contributed by atoms with Crippen LogP contribution in [-0.4, -0.2) is 37.9 Å². The molecule has 0 amide bonds. The monoisotopic (exact) mass is 364 g/mol. The summed E-state index contributed by atoms with van der Waals surface area (Å²) in [6.07, 6.45) is -22.8. The first-order chi connectivity index (χ1) is 9.04. The molecular weight excluding hydrogens is 360 g/mol. The van der Waals surface area contributed by atoms with Gasteiger partial charge in [0.2, 0.25) is 0 Å². The van der Waals surface area contributed by atoms with E-state index in [0.717, 1.165) is 0 Å². The van der Waals surface area contributed by atoms with Crippen LogP contribution >= 0.6 is 8.60 Å². The summed E-state index contributed by atoms with van der Waals surface area (Å²) < 4.78 is 140. The van der Waals surface area contributed by atoms with E-state index in [-0.39, 0.29) is 0 Å². The molecule has 0 aromatic heterocycles. The van der Waals surface area contributed by atoms with Crippen molar-refractivity contribution >= 4 is 8.60 Å². The van der Waals surface area contributed by atoms with E-state index in [4.69, 9.17) is 0 Å². The zero-order valence-corrected chi connectivity index (χ0v) is 10.1. The summed E-state index contributed by atoms with van der Waals surface area (Å²) >= 11 is 0. The van der Waals surface area contributed by atoms with E-state index in [1.807, 2.05) is 0 Å². The molecule has 0 spiro atoms. The lowest BCUT2D eigenvalue weighted by Crippen LogP contribution is -2.38. The summed E-state index contributed by atoms with van der Waals surface area (Å²) in [7, 11) is -4.25. The molecule has 0 aliphatic carbocycles. The molecule has 0 fully saturated rings. The second-order valence-electron chi connectivity index (χ2n) is 3.11. The third kappa shape index (κ3) is 9.22. The van der Waals surface area contributed by atoms with Gasteiger partial charge in [0, 0.05) is 0 Å². The van der Waals surface area contributed by atoms with Crippen LogP contribution in [0, 0.1) is 0 Å². The average molecular weight is 364 g/mol. The van der Waals surface area contributed by atoms with E-state index >= 15 is 0 Å². The van der Waals surface area contributed by atoms with Crippen LogP contribution in [0.2, 0.25) is 0 Å². The standard InChI is InChI=1S/C6H4F11O3P/c7-3(8,9)1-18-21(19-2-4(10,11)12)20-6(16,17)5(13,14)15/h1-2H2. The molecule has 0 atom stereocenters. The van der Waals surface area contributed by atoms with Gasteiger partial charge in [-0.3, -0.25) is 0 Å². The predicted molar refractivity (Wildman–Crippen MR) is 43.0 cm³/mol. The highest BCUT2D eigenvalue weighted by molar-refractivity contribution is 7.41. The SMILES string of the molecule is FC(F)(F)COP(OCC(F)(F)F)OC(F)(F)C(F)(F)F. The van der Waals surface area contributed by atoms with Crippen LogP contribution < -0.4 is 0 Å². The van der Waals surface area contributed by atoms with Gasteiger partial charge in [-0.05, 0) is 0 Å². The molecule has 0 heterocycles. The molecular formula is C6H4F11O3P. The Morgan fingerprint density at radius 1 is 0.619 bits per heavy atom. The Morgan fingerprint density at radius 2 is 0.952 bits per heavy atom. The number of alkyl halides is 11. The van der Waals surface area contributed by atoms with E-state index in [9.17, 15) is 48.3 Å². The van der Waals surface area contributed by atoms with Crippen molar-refractivity contribution in [3.05, 3.63) is 0 Å². The van der Waals surface area contributed by atoms with Gasteiger partial charge < -0.3 is 9.05 Å². The number of halogens is 11. The van der Waals surface area contributed by atoms with Crippen LogP contribution in [0.4, 0.5) is 48.3 Å². The van der Waals surface area contributed by atoms with Gasteiger partial charge in [0.15, 0.2) is 13.2 Å². The van der Waals surface area contributed by atoms with Crippen molar-refractivity contribution in [3.8, 4) is 0 Å². The Kier molecular flexibility index (Phi) is 6.60. The van der Waals surface area contributed by atoms with Crippen molar-refractivity contribution in [3.63, 3.8) is 0 Å². The molecule has 0 N–H and O–H groups in total. The van der Waals surface area contributed by atoms with Crippen molar-refractivity contribution in [1.29, 1.82) is 0 Å². The highest BCUT2D eigenvalue weighted by Crippen LogP contribution is 2.51. The third-order valence-electron chi connectivity index (χ3n) is 1.19. The Labute approximate surface area is 109 Å². The number of hydrogen-bond acceptors (Lipinski definition) is 3. The minimum Gasteiger partial charge on any atom is -0.303 e. The lowest BCUT2D eigenvalue weighted by molar-refractivity contribution is -0.364. The molecule has 0 saturated heterocycles. The highest BCUT2D eigenvalue weighted by Gasteiger charge is 2.62. The fourth-order valence-electron chi connectivity index (χ4n) is 0.487. The molecule has 0 unspecified atom stereocenters. The largest absolute Gasteiger partial charge is 0.483 e. The first-order valence-corrected chi connectivity index (χ1v) is 5.46. The molecule has 21 heavy (non-hydrogen) atoms. The average Bonchev–Trinajstić information content (AvgIpc) is 2.17. The van der Waals surface area contributed by atoms with Crippen molar-refractivity contribution in [2.24, 2.45) is 0 Å². The first kappa shape index (κ1) is 20.5. The Morgan fingerprint density at radius 3 is 1.19 bits per heavy atom. The van der Waals surface area contributed by atoms with Gasteiger partial charge in [0.25, 0.3) is 0 Å². The van der Waals surface area contributed by atoms with Crippen LogP contribution in [0.1, 0.15) is 0 Å². The summed E-state index contributed by atoms with van der Waals surface area (Å²) in [5.41, 5.74) is 0.